The van der Waals surface area contributed by atoms with Crippen LogP contribution in [0.25, 0.3) is 0 Å². The van der Waals surface area contributed by atoms with Crippen molar-refractivity contribution in [2.45, 2.75) is 19.8 Å². The molecule has 0 saturated heterocycles. The molecule has 0 aromatic heterocycles. The van der Waals surface area contributed by atoms with Gasteiger partial charge >= 0.3 is 0 Å². The van der Waals surface area contributed by atoms with Crippen molar-refractivity contribution in [2.24, 2.45) is 4.99 Å². The summed E-state index contributed by atoms with van der Waals surface area (Å²) in [5, 5.41) is 10.0. The highest BCUT2D eigenvalue weighted by molar-refractivity contribution is 6.33. The molecule has 1 atom stereocenters. The summed E-state index contributed by atoms with van der Waals surface area (Å²) >= 11 is 6.33. The van der Waals surface area contributed by atoms with Crippen molar-refractivity contribution < 1.29 is 4.39 Å². The molecule has 0 bridgehead atoms. The Balaban J connectivity index is 2.42. The number of benzene rings is 2. The molecule has 0 aliphatic rings. The van der Waals surface area contributed by atoms with Gasteiger partial charge in [-0.1, -0.05) is 23.7 Å². The van der Waals surface area contributed by atoms with E-state index < -0.39 is 5.92 Å². The smallest absolute Gasteiger partial charge is 0.123 e. The summed E-state index contributed by atoms with van der Waals surface area (Å²) in [6, 6.07) is 11.9. The normalized spacial score (nSPS) is 12.2. The Hall–Kier alpha value is -2.38. The van der Waals surface area contributed by atoms with Crippen molar-refractivity contribution in [1.82, 2.24) is 4.90 Å². The zero-order valence-corrected chi connectivity index (χ0v) is 14.7. The summed E-state index contributed by atoms with van der Waals surface area (Å²) in [6.07, 6.45) is 1.72. The second kappa shape index (κ2) is 7.94. The molecule has 2 aromatic rings. The SMILES string of the molecule is CCN(C)C=Nc1cc(C)c(C(C#N)c2cccc(F)c2)cc1Cl. The van der Waals surface area contributed by atoms with E-state index in [1.54, 1.807) is 24.5 Å². The van der Waals surface area contributed by atoms with Crippen molar-refractivity contribution in [3.8, 4) is 6.07 Å². The number of rotatable bonds is 5. The van der Waals surface area contributed by atoms with E-state index in [9.17, 15) is 9.65 Å². The van der Waals surface area contributed by atoms with E-state index in [1.165, 1.54) is 12.1 Å². The van der Waals surface area contributed by atoms with Gasteiger partial charge in [-0.3, -0.25) is 0 Å². The minimum atomic E-state index is -0.574. The lowest BCUT2D eigenvalue weighted by Gasteiger charge is -2.15. The summed E-state index contributed by atoms with van der Waals surface area (Å²) in [7, 11) is 1.92. The Morgan fingerprint density at radius 3 is 2.75 bits per heavy atom. The van der Waals surface area contributed by atoms with Crippen molar-refractivity contribution in [3.05, 3.63) is 63.9 Å². The molecule has 5 heteroatoms. The number of nitrogens with zero attached hydrogens (tertiary/aromatic N) is 3. The molecular formula is C19H19ClFN3. The lowest BCUT2D eigenvalue weighted by atomic mass is 9.89. The van der Waals surface area contributed by atoms with E-state index in [0.29, 0.717) is 16.3 Å². The Bertz CT molecular complexity index is 796. The Morgan fingerprint density at radius 1 is 1.38 bits per heavy atom. The quantitative estimate of drug-likeness (QED) is 0.562. The van der Waals surface area contributed by atoms with Gasteiger partial charge in [0.1, 0.15) is 5.82 Å². The van der Waals surface area contributed by atoms with Crippen molar-refractivity contribution in [2.75, 3.05) is 13.6 Å². The second-order valence-corrected chi connectivity index (χ2v) is 6.00. The largest absolute Gasteiger partial charge is 0.366 e. The summed E-state index contributed by atoms with van der Waals surface area (Å²) in [5.74, 6) is -0.935. The van der Waals surface area contributed by atoms with Gasteiger partial charge in [0.05, 0.1) is 29.0 Å². The second-order valence-electron chi connectivity index (χ2n) is 5.60. The third-order valence-electron chi connectivity index (χ3n) is 3.85. The molecule has 24 heavy (non-hydrogen) atoms. The van der Waals surface area contributed by atoms with Crippen LogP contribution in [-0.2, 0) is 0 Å². The molecule has 0 aliphatic carbocycles. The lowest BCUT2D eigenvalue weighted by Crippen LogP contribution is -2.14. The average Bonchev–Trinajstić information content (AvgIpc) is 2.56. The zero-order valence-electron chi connectivity index (χ0n) is 13.9. The van der Waals surface area contributed by atoms with Crippen molar-refractivity contribution >= 4 is 23.6 Å². The molecule has 0 saturated carbocycles. The summed E-state index contributed by atoms with van der Waals surface area (Å²) in [6.45, 7) is 4.77. The Kier molecular flexibility index (Phi) is 5.94. The number of hydrogen-bond acceptors (Lipinski definition) is 2. The van der Waals surface area contributed by atoms with Crippen LogP contribution in [0.15, 0.2) is 41.4 Å². The minimum Gasteiger partial charge on any atom is -0.366 e. The van der Waals surface area contributed by atoms with Gasteiger partial charge in [-0.05, 0) is 54.8 Å². The first-order valence-electron chi connectivity index (χ1n) is 7.65. The molecule has 1 unspecified atom stereocenters. The van der Waals surface area contributed by atoms with Gasteiger partial charge in [0.2, 0.25) is 0 Å². The first-order valence-corrected chi connectivity index (χ1v) is 8.03. The average molecular weight is 344 g/mol. The van der Waals surface area contributed by atoms with Crippen LogP contribution in [0, 0.1) is 24.1 Å². The number of aliphatic imine (C=N–C) groups is 1. The highest BCUT2D eigenvalue weighted by Gasteiger charge is 2.18. The molecule has 3 nitrogen and oxygen atoms in total. The number of aryl methyl sites for hydroxylation is 1. The maximum atomic E-state index is 13.5. The molecular weight excluding hydrogens is 325 g/mol. The van der Waals surface area contributed by atoms with Crippen molar-refractivity contribution in [1.29, 1.82) is 5.26 Å². The van der Waals surface area contributed by atoms with Gasteiger partial charge < -0.3 is 4.90 Å². The van der Waals surface area contributed by atoms with Crippen LogP contribution in [0.4, 0.5) is 10.1 Å². The lowest BCUT2D eigenvalue weighted by molar-refractivity contribution is 0.552. The maximum Gasteiger partial charge on any atom is 0.123 e. The third kappa shape index (κ3) is 4.12. The summed E-state index contributed by atoms with van der Waals surface area (Å²) in [4.78, 5) is 6.31. The number of halogens is 2. The molecule has 0 fully saturated rings. The fourth-order valence-electron chi connectivity index (χ4n) is 2.34. The third-order valence-corrected chi connectivity index (χ3v) is 4.15. The minimum absolute atomic E-state index is 0.361. The van der Waals surface area contributed by atoms with Gasteiger partial charge in [-0.2, -0.15) is 5.26 Å². The predicted molar refractivity (Wildman–Crippen MR) is 96.5 cm³/mol. The highest BCUT2D eigenvalue weighted by atomic mass is 35.5. The van der Waals surface area contributed by atoms with E-state index in [0.717, 1.165) is 17.7 Å². The Morgan fingerprint density at radius 2 is 2.12 bits per heavy atom. The summed E-state index contributed by atoms with van der Waals surface area (Å²) < 4.78 is 13.5. The first-order chi connectivity index (χ1) is 11.5. The van der Waals surface area contributed by atoms with Crippen LogP contribution in [0.5, 0.6) is 0 Å². The van der Waals surface area contributed by atoms with Crippen LogP contribution in [0.1, 0.15) is 29.5 Å². The van der Waals surface area contributed by atoms with Gasteiger partial charge in [0, 0.05) is 13.6 Å². The van der Waals surface area contributed by atoms with Crippen LogP contribution in [0.3, 0.4) is 0 Å². The molecule has 0 aliphatic heterocycles. The fourth-order valence-corrected chi connectivity index (χ4v) is 2.56. The van der Waals surface area contributed by atoms with Gasteiger partial charge in [0.15, 0.2) is 0 Å². The number of nitriles is 1. The molecule has 0 radical (unpaired) electrons. The van der Waals surface area contributed by atoms with E-state index in [1.807, 2.05) is 31.9 Å². The molecule has 2 aromatic carbocycles. The predicted octanol–water partition coefficient (Wildman–Crippen LogP) is 5.05. The van der Waals surface area contributed by atoms with Gasteiger partial charge in [-0.25, -0.2) is 9.38 Å². The van der Waals surface area contributed by atoms with E-state index in [4.69, 9.17) is 11.6 Å². The fraction of sp³-hybridized carbons (Fsp3) is 0.263. The molecule has 0 amide bonds. The molecule has 0 heterocycles. The van der Waals surface area contributed by atoms with Crippen LogP contribution >= 0.6 is 11.6 Å². The standard InChI is InChI=1S/C19H19ClFN3/c1-4-24(3)12-23-19-8-13(2)16(10-18(19)20)17(11-22)14-6-5-7-15(21)9-14/h5-10,12,17H,4H2,1-3H3. The Labute approximate surface area is 147 Å². The number of hydrogen-bond donors (Lipinski definition) is 0. The van der Waals surface area contributed by atoms with E-state index >= 15 is 0 Å². The molecule has 0 N–H and O–H groups in total. The molecule has 0 spiro atoms. The summed E-state index contributed by atoms with van der Waals surface area (Å²) in [5.41, 5.74) is 2.91. The van der Waals surface area contributed by atoms with Crippen LogP contribution < -0.4 is 0 Å². The van der Waals surface area contributed by atoms with Crippen molar-refractivity contribution in [3.63, 3.8) is 0 Å². The van der Waals surface area contributed by atoms with Gasteiger partial charge in [-0.15, -0.1) is 0 Å². The van der Waals surface area contributed by atoms with E-state index in [2.05, 4.69) is 11.1 Å². The highest BCUT2D eigenvalue weighted by Crippen LogP contribution is 2.34. The molecule has 2 rings (SSSR count). The zero-order chi connectivity index (χ0) is 17.7. The topological polar surface area (TPSA) is 39.4 Å². The maximum absolute atomic E-state index is 13.5. The van der Waals surface area contributed by atoms with Crippen LogP contribution in [-0.4, -0.2) is 24.8 Å². The first kappa shape index (κ1) is 18.0. The van der Waals surface area contributed by atoms with Gasteiger partial charge in [0.25, 0.3) is 0 Å². The van der Waals surface area contributed by atoms with Crippen LogP contribution in [0.2, 0.25) is 5.02 Å². The monoisotopic (exact) mass is 343 g/mol. The van der Waals surface area contributed by atoms with E-state index in [-0.39, 0.29) is 5.82 Å². The molecule has 124 valence electrons.